The number of Topliss-reactive ketones (excluding diaryl/α,β-unsaturated/α-hetero) is 1. The van der Waals surface area contributed by atoms with Crippen molar-refractivity contribution in [1.29, 1.82) is 0 Å². The van der Waals surface area contributed by atoms with E-state index >= 15 is 0 Å². The van der Waals surface area contributed by atoms with Crippen molar-refractivity contribution in [3.05, 3.63) is 64.7 Å². The van der Waals surface area contributed by atoms with Gasteiger partial charge in [-0.3, -0.25) is 9.59 Å². The molecule has 0 saturated heterocycles. The van der Waals surface area contributed by atoms with E-state index in [2.05, 4.69) is 5.32 Å². The van der Waals surface area contributed by atoms with Crippen LogP contribution in [0, 0.1) is 0 Å². The number of methoxy groups -OCH3 is 1. The number of nitrogens with one attached hydrogen (secondary N) is 1. The SMILES string of the molecule is COc1ccc(Cl)cc1C(=O)CCC(=O)NC(Cc1ccccc1)C(=O)O. The molecule has 0 fully saturated rings. The Labute approximate surface area is 162 Å². The Kier molecular flexibility index (Phi) is 7.37. The van der Waals surface area contributed by atoms with Crippen molar-refractivity contribution >= 4 is 29.3 Å². The van der Waals surface area contributed by atoms with Crippen LogP contribution >= 0.6 is 11.6 Å². The summed E-state index contributed by atoms with van der Waals surface area (Å²) in [7, 11) is 1.44. The first-order valence-corrected chi connectivity index (χ1v) is 8.71. The quantitative estimate of drug-likeness (QED) is 0.643. The Morgan fingerprint density at radius 3 is 2.44 bits per heavy atom. The molecule has 0 spiro atoms. The summed E-state index contributed by atoms with van der Waals surface area (Å²) in [5.41, 5.74) is 1.09. The lowest BCUT2D eigenvalue weighted by molar-refractivity contribution is -0.141. The molecule has 0 saturated carbocycles. The van der Waals surface area contributed by atoms with E-state index in [4.69, 9.17) is 16.3 Å². The molecular weight excluding hydrogens is 370 g/mol. The number of carbonyl (C=O) groups excluding carboxylic acids is 2. The van der Waals surface area contributed by atoms with Gasteiger partial charge in [-0.05, 0) is 23.8 Å². The van der Waals surface area contributed by atoms with Gasteiger partial charge in [0.05, 0.1) is 12.7 Å². The number of carbonyl (C=O) groups is 3. The van der Waals surface area contributed by atoms with Crippen LogP contribution in [-0.2, 0) is 16.0 Å². The van der Waals surface area contributed by atoms with Crippen LogP contribution in [0.3, 0.4) is 0 Å². The highest BCUT2D eigenvalue weighted by Crippen LogP contribution is 2.24. The molecule has 2 aromatic rings. The van der Waals surface area contributed by atoms with Gasteiger partial charge in [-0.2, -0.15) is 0 Å². The van der Waals surface area contributed by atoms with Gasteiger partial charge in [-0.1, -0.05) is 41.9 Å². The molecule has 6 nitrogen and oxygen atoms in total. The molecule has 27 heavy (non-hydrogen) atoms. The minimum atomic E-state index is -1.13. The Morgan fingerprint density at radius 2 is 1.81 bits per heavy atom. The highest BCUT2D eigenvalue weighted by atomic mass is 35.5. The van der Waals surface area contributed by atoms with Gasteiger partial charge in [0.2, 0.25) is 5.91 Å². The molecule has 1 unspecified atom stereocenters. The Hall–Kier alpha value is -2.86. The topological polar surface area (TPSA) is 92.7 Å². The van der Waals surface area contributed by atoms with Crippen molar-refractivity contribution in [2.45, 2.75) is 25.3 Å². The maximum Gasteiger partial charge on any atom is 0.326 e. The summed E-state index contributed by atoms with van der Waals surface area (Å²) in [6, 6.07) is 12.6. The average molecular weight is 390 g/mol. The molecule has 0 aliphatic rings. The molecular formula is C20H20ClNO5. The van der Waals surface area contributed by atoms with Crippen LogP contribution in [0.4, 0.5) is 0 Å². The number of carboxylic acids is 1. The van der Waals surface area contributed by atoms with Crippen molar-refractivity contribution < 1.29 is 24.2 Å². The molecule has 0 aromatic heterocycles. The summed E-state index contributed by atoms with van der Waals surface area (Å²) in [6.45, 7) is 0. The minimum absolute atomic E-state index is 0.0831. The first-order valence-electron chi connectivity index (χ1n) is 8.33. The predicted molar refractivity (Wildman–Crippen MR) is 101 cm³/mol. The summed E-state index contributed by atoms with van der Waals surface area (Å²) < 4.78 is 5.13. The molecule has 0 aliphatic heterocycles. The number of aliphatic carboxylic acids is 1. The molecule has 0 radical (unpaired) electrons. The molecule has 142 valence electrons. The van der Waals surface area contributed by atoms with E-state index in [9.17, 15) is 19.5 Å². The highest BCUT2D eigenvalue weighted by Gasteiger charge is 2.21. The fraction of sp³-hybridized carbons (Fsp3) is 0.250. The van der Waals surface area contributed by atoms with Gasteiger partial charge in [0.25, 0.3) is 0 Å². The van der Waals surface area contributed by atoms with Gasteiger partial charge in [0.1, 0.15) is 11.8 Å². The molecule has 0 heterocycles. The molecule has 2 aromatic carbocycles. The van der Waals surface area contributed by atoms with E-state index in [0.717, 1.165) is 5.56 Å². The number of carboxylic acid groups (broad SMARTS) is 1. The fourth-order valence-electron chi connectivity index (χ4n) is 2.58. The van der Waals surface area contributed by atoms with E-state index in [0.29, 0.717) is 10.8 Å². The zero-order chi connectivity index (χ0) is 19.8. The number of ether oxygens (including phenoxy) is 1. The molecule has 2 N–H and O–H groups in total. The highest BCUT2D eigenvalue weighted by molar-refractivity contribution is 6.31. The zero-order valence-electron chi connectivity index (χ0n) is 14.8. The lowest BCUT2D eigenvalue weighted by Gasteiger charge is -2.15. The van der Waals surface area contributed by atoms with Crippen LogP contribution < -0.4 is 10.1 Å². The van der Waals surface area contributed by atoms with E-state index in [-0.39, 0.29) is 30.6 Å². The Bertz CT molecular complexity index is 822. The summed E-state index contributed by atoms with van der Waals surface area (Å²) in [6.07, 6.45) is -0.0503. The molecule has 0 bridgehead atoms. The lowest BCUT2D eigenvalue weighted by Crippen LogP contribution is -2.42. The molecule has 1 amide bonds. The monoisotopic (exact) mass is 389 g/mol. The number of ketones is 1. The summed E-state index contributed by atoms with van der Waals surface area (Å²) >= 11 is 5.91. The van der Waals surface area contributed by atoms with Gasteiger partial charge >= 0.3 is 5.97 Å². The number of hydrogen-bond donors (Lipinski definition) is 2. The van der Waals surface area contributed by atoms with Gasteiger partial charge in [-0.25, -0.2) is 4.79 Å². The number of benzene rings is 2. The second-order valence-corrected chi connectivity index (χ2v) is 6.35. The van der Waals surface area contributed by atoms with Gasteiger partial charge in [0.15, 0.2) is 5.78 Å². The van der Waals surface area contributed by atoms with Crippen molar-refractivity contribution in [3.8, 4) is 5.75 Å². The summed E-state index contributed by atoms with van der Waals surface area (Å²) in [4.78, 5) is 35.9. The largest absolute Gasteiger partial charge is 0.496 e. The third kappa shape index (κ3) is 6.11. The number of rotatable bonds is 9. The molecule has 2 rings (SSSR count). The van der Waals surface area contributed by atoms with Crippen LogP contribution in [0.2, 0.25) is 5.02 Å². The number of hydrogen-bond acceptors (Lipinski definition) is 4. The van der Waals surface area contributed by atoms with Crippen LogP contribution in [0.5, 0.6) is 5.75 Å². The maximum absolute atomic E-state index is 12.4. The number of halogens is 1. The third-order valence-electron chi connectivity index (χ3n) is 3.96. The van der Waals surface area contributed by atoms with E-state index in [1.165, 1.54) is 13.2 Å². The van der Waals surface area contributed by atoms with Crippen LogP contribution in [0.15, 0.2) is 48.5 Å². The second-order valence-electron chi connectivity index (χ2n) is 5.92. The van der Waals surface area contributed by atoms with Crippen LogP contribution in [-0.4, -0.2) is 35.9 Å². The second kappa shape index (κ2) is 9.73. The van der Waals surface area contributed by atoms with E-state index < -0.39 is 17.9 Å². The van der Waals surface area contributed by atoms with Crippen molar-refractivity contribution in [3.63, 3.8) is 0 Å². The van der Waals surface area contributed by atoms with Crippen molar-refractivity contribution in [2.24, 2.45) is 0 Å². The summed E-state index contributed by atoms with van der Waals surface area (Å²) in [5, 5.41) is 12.2. The zero-order valence-corrected chi connectivity index (χ0v) is 15.5. The molecule has 1 atom stereocenters. The predicted octanol–water partition coefficient (Wildman–Crippen LogP) is 3.12. The van der Waals surface area contributed by atoms with E-state index in [1.54, 1.807) is 36.4 Å². The maximum atomic E-state index is 12.4. The third-order valence-corrected chi connectivity index (χ3v) is 4.19. The smallest absolute Gasteiger partial charge is 0.326 e. The fourth-order valence-corrected chi connectivity index (χ4v) is 2.75. The van der Waals surface area contributed by atoms with Crippen LogP contribution in [0.1, 0.15) is 28.8 Å². The van der Waals surface area contributed by atoms with Crippen molar-refractivity contribution in [1.82, 2.24) is 5.32 Å². The van der Waals surface area contributed by atoms with Gasteiger partial charge in [0, 0.05) is 24.3 Å². The van der Waals surface area contributed by atoms with Crippen molar-refractivity contribution in [2.75, 3.05) is 7.11 Å². The van der Waals surface area contributed by atoms with Gasteiger partial charge in [-0.15, -0.1) is 0 Å². The lowest BCUT2D eigenvalue weighted by atomic mass is 10.0. The standard InChI is InChI=1S/C20H20ClNO5/c1-27-18-9-7-14(21)12-15(18)17(23)8-10-19(24)22-16(20(25)26)11-13-5-3-2-4-6-13/h2-7,9,12,16H,8,10-11H2,1H3,(H,22,24)(H,25,26). The van der Waals surface area contributed by atoms with Gasteiger partial charge < -0.3 is 15.2 Å². The Balaban J connectivity index is 1.95. The van der Waals surface area contributed by atoms with E-state index in [1.807, 2.05) is 6.07 Å². The molecule has 0 aliphatic carbocycles. The summed E-state index contributed by atoms with van der Waals surface area (Å²) in [5.74, 6) is -1.57. The molecule has 7 heteroatoms. The first-order chi connectivity index (χ1) is 12.9. The first kappa shape index (κ1) is 20.5. The van der Waals surface area contributed by atoms with Crippen LogP contribution in [0.25, 0.3) is 0 Å². The number of amides is 1. The average Bonchev–Trinajstić information content (AvgIpc) is 2.66. The Morgan fingerprint density at radius 1 is 1.11 bits per heavy atom. The normalized spacial score (nSPS) is 11.5. The minimum Gasteiger partial charge on any atom is -0.496 e.